The first-order chi connectivity index (χ1) is 10.0. The van der Waals surface area contributed by atoms with E-state index in [4.69, 9.17) is 0 Å². The van der Waals surface area contributed by atoms with Crippen LogP contribution in [0.25, 0.3) is 11.6 Å². The molecule has 0 bridgehead atoms. The van der Waals surface area contributed by atoms with Crippen molar-refractivity contribution in [2.45, 2.75) is 4.90 Å². The summed E-state index contributed by atoms with van der Waals surface area (Å²) in [5, 5.41) is 9.26. The molecular weight excluding hydrogens is 294 g/mol. The van der Waals surface area contributed by atoms with E-state index in [0.717, 1.165) is 17.0 Å². The van der Waals surface area contributed by atoms with Crippen molar-refractivity contribution >= 4 is 29.4 Å². The van der Waals surface area contributed by atoms with Crippen molar-refractivity contribution in [1.82, 2.24) is 0 Å². The second-order valence-electron chi connectivity index (χ2n) is 4.27. The molecule has 0 aliphatic rings. The molecule has 1 N–H and O–H groups in total. The average molecular weight is 306 g/mol. The Labute approximate surface area is 125 Å². The second-order valence-corrected chi connectivity index (χ2v) is 5.14. The molecule has 5 heteroatoms. The van der Waals surface area contributed by atoms with Gasteiger partial charge in [-0.25, -0.2) is 13.6 Å². The summed E-state index contributed by atoms with van der Waals surface area (Å²) in [7, 11) is 0. The van der Waals surface area contributed by atoms with Crippen LogP contribution in [0.4, 0.5) is 8.78 Å². The van der Waals surface area contributed by atoms with Gasteiger partial charge in [0.25, 0.3) is 0 Å². The van der Waals surface area contributed by atoms with Gasteiger partial charge in [0.1, 0.15) is 0 Å². The lowest BCUT2D eigenvalue weighted by Gasteiger charge is -2.04. The van der Waals surface area contributed by atoms with Gasteiger partial charge in [-0.3, -0.25) is 0 Å². The largest absolute Gasteiger partial charge is 0.478 e. The Bertz CT molecular complexity index is 694. The number of thioether (sulfide) groups is 1. The molecule has 0 fully saturated rings. The van der Waals surface area contributed by atoms with Crippen LogP contribution >= 0.6 is 11.8 Å². The van der Waals surface area contributed by atoms with Crippen LogP contribution in [0.15, 0.2) is 47.4 Å². The van der Waals surface area contributed by atoms with Crippen LogP contribution in [0.2, 0.25) is 0 Å². The molecule has 21 heavy (non-hydrogen) atoms. The topological polar surface area (TPSA) is 37.3 Å². The summed E-state index contributed by atoms with van der Waals surface area (Å²) < 4.78 is 26.2. The molecule has 0 saturated heterocycles. The monoisotopic (exact) mass is 306 g/mol. The second kappa shape index (κ2) is 6.54. The van der Waals surface area contributed by atoms with E-state index < -0.39 is 17.6 Å². The van der Waals surface area contributed by atoms with Crippen molar-refractivity contribution < 1.29 is 18.7 Å². The zero-order valence-electron chi connectivity index (χ0n) is 11.1. The Kier molecular flexibility index (Phi) is 4.75. The van der Waals surface area contributed by atoms with Gasteiger partial charge in [-0.2, -0.15) is 0 Å². The Morgan fingerprint density at radius 2 is 1.76 bits per heavy atom. The third-order valence-corrected chi connectivity index (χ3v) is 3.63. The molecule has 0 amide bonds. The average Bonchev–Trinajstić information content (AvgIpc) is 2.48. The molecule has 0 heterocycles. The van der Waals surface area contributed by atoms with Crippen molar-refractivity contribution in [3.63, 3.8) is 0 Å². The van der Waals surface area contributed by atoms with Crippen molar-refractivity contribution in [1.29, 1.82) is 0 Å². The smallest absolute Gasteiger partial charge is 0.336 e. The van der Waals surface area contributed by atoms with Crippen LogP contribution in [-0.2, 0) is 4.79 Å². The molecule has 0 radical (unpaired) electrons. The van der Waals surface area contributed by atoms with Crippen LogP contribution in [0.3, 0.4) is 0 Å². The van der Waals surface area contributed by atoms with Gasteiger partial charge in [0.15, 0.2) is 11.6 Å². The van der Waals surface area contributed by atoms with E-state index in [1.165, 1.54) is 12.1 Å². The Hall–Kier alpha value is -2.14. The molecule has 0 aliphatic heterocycles. The number of hydrogen-bond donors (Lipinski definition) is 1. The lowest BCUT2D eigenvalue weighted by atomic mass is 10.0. The number of hydrogen-bond acceptors (Lipinski definition) is 2. The summed E-state index contributed by atoms with van der Waals surface area (Å²) in [6.07, 6.45) is 3.37. The number of halogens is 2. The number of carbonyl (C=O) groups is 1. The first-order valence-corrected chi connectivity index (χ1v) is 7.28. The third kappa shape index (κ3) is 3.70. The Morgan fingerprint density at radius 3 is 2.29 bits per heavy atom. The maximum atomic E-state index is 13.2. The predicted molar refractivity (Wildman–Crippen MR) is 80.1 cm³/mol. The van der Waals surface area contributed by atoms with Gasteiger partial charge in [-0.15, -0.1) is 11.8 Å². The summed E-state index contributed by atoms with van der Waals surface area (Å²) in [5.74, 6) is -3.28. The summed E-state index contributed by atoms with van der Waals surface area (Å²) in [5.41, 5.74) is 0.705. The van der Waals surface area contributed by atoms with Crippen molar-refractivity contribution in [3.05, 3.63) is 65.2 Å². The van der Waals surface area contributed by atoms with Gasteiger partial charge in [0.05, 0.1) is 5.57 Å². The van der Waals surface area contributed by atoms with Crippen molar-refractivity contribution in [3.8, 4) is 0 Å². The van der Waals surface area contributed by atoms with Crippen LogP contribution < -0.4 is 0 Å². The van der Waals surface area contributed by atoms with E-state index in [0.29, 0.717) is 5.56 Å². The van der Waals surface area contributed by atoms with Gasteiger partial charge in [-0.05, 0) is 47.7 Å². The fourth-order valence-electron chi connectivity index (χ4n) is 1.80. The molecule has 0 spiro atoms. The molecule has 0 atom stereocenters. The van der Waals surface area contributed by atoms with Gasteiger partial charge in [-0.1, -0.05) is 18.2 Å². The maximum absolute atomic E-state index is 13.2. The third-order valence-electron chi connectivity index (χ3n) is 2.89. The van der Waals surface area contributed by atoms with Crippen LogP contribution in [0.5, 0.6) is 0 Å². The predicted octanol–water partition coefficient (Wildman–Crippen LogP) is 4.31. The van der Waals surface area contributed by atoms with Gasteiger partial charge >= 0.3 is 5.97 Å². The lowest BCUT2D eigenvalue weighted by Crippen LogP contribution is -2.00. The van der Waals surface area contributed by atoms with Crippen LogP contribution in [-0.4, -0.2) is 17.3 Å². The fourth-order valence-corrected chi connectivity index (χ4v) is 2.21. The van der Waals surface area contributed by atoms with Crippen LogP contribution in [0.1, 0.15) is 11.1 Å². The van der Waals surface area contributed by atoms with E-state index >= 15 is 0 Å². The lowest BCUT2D eigenvalue weighted by molar-refractivity contribution is -0.130. The highest BCUT2D eigenvalue weighted by Gasteiger charge is 2.13. The van der Waals surface area contributed by atoms with E-state index in [9.17, 15) is 18.7 Å². The number of aliphatic carboxylic acids is 1. The molecule has 2 rings (SSSR count). The first kappa shape index (κ1) is 15.3. The summed E-state index contributed by atoms with van der Waals surface area (Å²) in [4.78, 5) is 12.4. The molecule has 0 aromatic heterocycles. The number of benzene rings is 2. The quantitative estimate of drug-likeness (QED) is 0.519. The fraction of sp³-hybridized carbons (Fsp3) is 0.0625. The minimum Gasteiger partial charge on any atom is -0.478 e. The maximum Gasteiger partial charge on any atom is 0.336 e. The minimum absolute atomic E-state index is 0.0919. The highest BCUT2D eigenvalue weighted by atomic mass is 32.2. The van der Waals surface area contributed by atoms with E-state index in [2.05, 4.69) is 0 Å². The minimum atomic E-state index is -1.20. The molecule has 2 aromatic carbocycles. The number of carboxylic acids is 1. The van der Waals surface area contributed by atoms with E-state index in [1.807, 2.05) is 18.4 Å². The SMILES string of the molecule is CSc1ccc(/C=C(\C(=O)O)c2ccc(F)c(F)c2)cc1. The Balaban J connectivity index is 2.44. The highest BCUT2D eigenvalue weighted by Crippen LogP contribution is 2.22. The van der Waals surface area contributed by atoms with Gasteiger partial charge < -0.3 is 5.11 Å². The van der Waals surface area contributed by atoms with Crippen LogP contribution in [0, 0.1) is 11.6 Å². The molecular formula is C16H12F2O2S. The summed E-state index contributed by atoms with van der Waals surface area (Å²) in [6.45, 7) is 0. The number of carboxylic acid groups (broad SMARTS) is 1. The molecule has 0 aliphatic carbocycles. The number of rotatable bonds is 4. The molecule has 2 aromatic rings. The summed E-state index contributed by atoms with van der Waals surface area (Å²) in [6, 6.07) is 10.3. The van der Waals surface area contributed by atoms with E-state index in [-0.39, 0.29) is 11.1 Å². The van der Waals surface area contributed by atoms with Gasteiger partial charge in [0, 0.05) is 4.90 Å². The normalized spacial score (nSPS) is 11.5. The summed E-state index contributed by atoms with van der Waals surface area (Å²) >= 11 is 1.57. The first-order valence-electron chi connectivity index (χ1n) is 6.05. The molecule has 2 nitrogen and oxygen atoms in total. The van der Waals surface area contributed by atoms with Crippen molar-refractivity contribution in [2.75, 3.05) is 6.26 Å². The standard InChI is InChI=1S/C16H12F2O2S/c1-21-12-5-2-10(3-6-12)8-13(16(19)20)11-4-7-14(17)15(18)9-11/h2-9H,1H3,(H,19,20)/b13-8-. The molecule has 0 saturated carbocycles. The molecule has 108 valence electrons. The zero-order chi connectivity index (χ0) is 15.4. The zero-order valence-corrected chi connectivity index (χ0v) is 12.0. The van der Waals surface area contributed by atoms with Crippen molar-refractivity contribution in [2.24, 2.45) is 0 Å². The molecule has 0 unspecified atom stereocenters. The van der Waals surface area contributed by atoms with Gasteiger partial charge in [0.2, 0.25) is 0 Å². The highest BCUT2D eigenvalue weighted by molar-refractivity contribution is 7.98. The van der Waals surface area contributed by atoms with E-state index in [1.54, 1.807) is 23.9 Å². The Morgan fingerprint density at radius 1 is 1.10 bits per heavy atom.